The fourth-order valence-electron chi connectivity index (χ4n) is 5.06. The quantitative estimate of drug-likeness (QED) is 0.202. The number of thiazole rings is 1. The fourth-order valence-corrected chi connectivity index (χ4v) is 6.06. The van der Waals surface area contributed by atoms with Gasteiger partial charge in [-0.05, 0) is 54.7 Å². The third-order valence-electron chi connectivity index (χ3n) is 7.19. The number of rotatable bonds is 8. The van der Waals surface area contributed by atoms with Gasteiger partial charge in [0.1, 0.15) is 11.5 Å². The zero-order chi connectivity index (χ0) is 30.9. The Morgan fingerprint density at radius 1 is 1.12 bits per heavy atom. The highest BCUT2D eigenvalue weighted by Gasteiger charge is 2.34. The molecule has 0 N–H and O–H groups in total. The standard InChI is InChI=1S/C33H31F3N2O4S/c1-5-8-25-28(31(40)41-6-2)29(21-13-11-20(12-14-21)19(3)4)38-30(39)27(43-32(38)37-25)18-24-15-16-26(42-24)22-9-7-10-23(17-22)33(34,35)36/h7,9-19,29H,5-6,8H2,1-4H3/b27-18-/t29-/m1/s1. The molecule has 1 aliphatic heterocycles. The molecule has 5 rings (SSSR count). The average Bonchev–Trinajstić information content (AvgIpc) is 3.56. The van der Waals surface area contributed by atoms with Gasteiger partial charge in [-0.2, -0.15) is 13.2 Å². The maximum atomic E-state index is 13.9. The predicted molar refractivity (Wildman–Crippen MR) is 159 cm³/mol. The van der Waals surface area contributed by atoms with Gasteiger partial charge in [0, 0.05) is 11.6 Å². The van der Waals surface area contributed by atoms with Gasteiger partial charge in [0.05, 0.1) is 34.0 Å². The van der Waals surface area contributed by atoms with Crippen LogP contribution in [0.15, 0.2) is 86.1 Å². The van der Waals surface area contributed by atoms with Crippen molar-refractivity contribution in [2.24, 2.45) is 4.99 Å². The van der Waals surface area contributed by atoms with Gasteiger partial charge in [0.25, 0.3) is 5.56 Å². The van der Waals surface area contributed by atoms with Crippen molar-refractivity contribution >= 4 is 23.4 Å². The number of nitrogens with zero attached hydrogens (tertiary/aromatic N) is 2. The summed E-state index contributed by atoms with van der Waals surface area (Å²) in [6.07, 6.45) is -1.67. The summed E-state index contributed by atoms with van der Waals surface area (Å²) < 4.78 is 52.8. The van der Waals surface area contributed by atoms with Gasteiger partial charge in [-0.1, -0.05) is 74.9 Å². The Labute approximate surface area is 250 Å². The molecule has 4 aromatic rings. The molecule has 1 atom stereocenters. The van der Waals surface area contributed by atoms with Gasteiger partial charge in [0.15, 0.2) is 4.80 Å². The van der Waals surface area contributed by atoms with Gasteiger partial charge < -0.3 is 9.15 Å². The number of fused-ring (bicyclic) bond motifs is 1. The summed E-state index contributed by atoms with van der Waals surface area (Å²) in [6, 6.07) is 15.1. The van der Waals surface area contributed by atoms with Crippen molar-refractivity contribution < 1.29 is 27.1 Å². The molecule has 2 aromatic carbocycles. The Kier molecular flexibility index (Phi) is 8.59. The molecular weight excluding hydrogens is 577 g/mol. The molecule has 0 radical (unpaired) electrons. The highest BCUT2D eigenvalue weighted by atomic mass is 32.1. The van der Waals surface area contributed by atoms with Crippen molar-refractivity contribution in [2.75, 3.05) is 6.61 Å². The summed E-state index contributed by atoms with van der Waals surface area (Å²) in [5, 5.41) is 0. The molecule has 224 valence electrons. The van der Waals surface area contributed by atoms with Crippen LogP contribution in [0, 0.1) is 0 Å². The van der Waals surface area contributed by atoms with Gasteiger partial charge in [-0.15, -0.1) is 0 Å². The minimum absolute atomic E-state index is 0.178. The third kappa shape index (κ3) is 6.15. The second kappa shape index (κ2) is 12.2. The van der Waals surface area contributed by atoms with E-state index in [1.54, 1.807) is 25.1 Å². The summed E-state index contributed by atoms with van der Waals surface area (Å²) in [7, 11) is 0. The van der Waals surface area contributed by atoms with E-state index in [1.165, 1.54) is 16.7 Å². The van der Waals surface area contributed by atoms with E-state index in [1.807, 2.05) is 31.2 Å². The van der Waals surface area contributed by atoms with E-state index in [9.17, 15) is 22.8 Å². The molecule has 10 heteroatoms. The summed E-state index contributed by atoms with van der Waals surface area (Å²) in [5.74, 6) is 0.330. The maximum Gasteiger partial charge on any atom is 0.416 e. The van der Waals surface area contributed by atoms with Crippen LogP contribution in [0.3, 0.4) is 0 Å². The minimum atomic E-state index is -4.48. The lowest BCUT2D eigenvalue weighted by Gasteiger charge is -2.26. The van der Waals surface area contributed by atoms with Crippen LogP contribution in [0.2, 0.25) is 0 Å². The molecule has 0 fully saturated rings. The molecule has 0 spiro atoms. The Bertz CT molecular complexity index is 1860. The first kappa shape index (κ1) is 30.3. The van der Waals surface area contributed by atoms with Crippen molar-refractivity contribution in [3.8, 4) is 11.3 Å². The molecule has 2 aromatic heterocycles. The van der Waals surface area contributed by atoms with Crippen LogP contribution in [-0.2, 0) is 15.7 Å². The first-order chi connectivity index (χ1) is 20.5. The summed E-state index contributed by atoms with van der Waals surface area (Å²) >= 11 is 1.16. The molecule has 0 saturated carbocycles. The van der Waals surface area contributed by atoms with E-state index < -0.39 is 23.8 Å². The van der Waals surface area contributed by atoms with Gasteiger partial charge in [-0.3, -0.25) is 9.36 Å². The van der Waals surface area contributed by atoms with Gasteiger partial charge >= 0.3 is 12.1 Å². The first-order valence-electron chi connectivity index (χ1n) is 14.1. The number of benzene rings is 2. The van der Waals surface area contributed by atoms with Crippen LogP contribution >= 0.6 is 11.3 Å². The maximum absolute atomic E-state index is 13.9. The number of hydrogen-bond acceptors (Lipinski definition) is 6. The number of hydrogen-bond donors (Lipinski definition) is 0. The van der Waals surface area contributed by atoms with Crippen molar-refractivity contribution in [3.63, 3.8) is 0 Å². The number of carbonyl (C=O) groups excluding carboxylic acids is 1. The molecule has 0 saturated heterocycles. The molecule has 0 bridgehead atoms. The number of alkyl halides is 3. The number of halogens is 3. The van der Waals surface area contributed by atoms with E-state index in [-0.39, 0.29) is 23.5 Å². The summed E-state index contributed by atoms with van der Waals surface area (Å²) in [4.78, 5) is 32.5. The molecule has 0 aliphatic carbocycles. The number of ether oxygens (including phenoxy) is 1. The van der Waals surface area contributed by atoms with Crippen molar-refractivity contribution in [2.45, 2.75) is 58.7 Å². The van der Waals surface area contributed by atoms with Gasteiger partial charge in [-0.25, -0.2) is 9.79 Å². The molecule has 3 heterocycles. The van der Waals surface area contributed by atoms with Crippen LogP contribution < -0.4 is 14.9 Å². The van der Waals surface area contributed by atoms with E-state index in [4.69, 9.17) is 14.1 Å². The second-order valence-corrected chi connectivity index (χ2v) is 11.5. The topological polar surface area (TPSA) is 73.8 Å². The minimum Gasteiger partial charge on any atom is -0.463 e. The molecule has 1 aliphatic rings. The zero-order valence-corrected chi connectivity index (χ0v) is 25.0. The number of aromatic nitrogens is 1. The van der Waals surface area contributed by atoms with Crippen LogP contribution in [-0.4, -0.2) is 17.1 Å². The van der Waals surface area contributed by atoms with Crippen molar-refractivity contribution in [1.29, 1.82) is 0 Å². The Balaban J connectivity index is 1.64. The smallest absolute Gasteiger partial charge is 0.416 e. The monoisotopic (exact) mass is 608 g/mol. The van der Waals surface area contributed by atoms with Gasteiger partial charge in [0.2, 0.25) is 0 Å². The van der Waals surface area contributed by atoms with E-state index in [0.717, 1.165) is 41.0 Å². The molecule has 0 amide bonds. The van der Waals surface area contributed by atoms with E-state index >= 15 is 0 Å². The Hall–Kier alpha value is -4.18. The van der Waals surface area contributed by atoms with Crippen LogP contribution in [0.5, 0.6) is 0 Å². The normalized spacial score (nSPS) is 15.5. The second-order valence-electron chi connectivity index (χ2n) is 10.5. The zero-order valence-electron chi connectivity index (χ0n) is 24.2. The lowest BCUT2D eigenvalue weighted by molar-refractivity contribution is -0.139. The van der Waals surface area contributed by atoms with Crippen molar-refractivity contribution in [1.82, 2.24) is 4.57 Å². The summed E-state index contributed by atoms with van der Waals surface area (Å²) in [6.45, 7) is 8.09. The molecule has 43 heavy (non-hydrogen) atoms. The number of furan rings is 1. The largest absolute Gasteiger partial charge is 0.463 e. The number of allylic oxidation sites excluding steroid dienone is 1. The van der Waals surface area contributed by atoms with Crippen molar-refractivity contribution in [3.05, 3.63) is 114 Å². The van der Waals surface area contributed by atoms with Crippen LogP contribution in [0.1, 0.15) is 74.9 Å². The molecular formula is C33H31F3N2O4S. The summed E-state index contributed by atoms with van der Waals surface area (Å²) in [5.41, 5.74) is 1.92. The highest BCUT2D eigenvalue weighted by Crippen LogP contribution is 2.34. The molecule has 6 nitrogen and oxygen atoms in total. The molecule has 0 unspecified atom stereocenters. The van der Waals surface area contributed by atoms with E-state index in [0.29, 0.717) is 38.7 Å². The number of carbonyl (C=O) groups is 1. The SMILES string of the molecule is CCCC1=C(C(=O)OCC)[C@@H](c2ccc(C(C)C)cc2)n2c(s/c(=C\c3ccc(-c4cccc(C(F)(F)F)c4)o3)c2=O)=N1. The lowest BCUT2D eigenvalue weighted by Crippen LogP contribution is -2.40. The van der Waals surface area contributed by atoms with Crippen LogP contribution in [0.4, 0.5) is 13.2 Å². The fraction of sp³-hybridized carbons (Fsp3) is 0.303. The predicted octanol–water partition coefficient (Wildman–Crippen LogP) is 6.98. The van der Waals surface area contributed by atoms with Crippen LogP contribution in [0.25, 0.3) is 17.4 Å². The Morgan fingerprint density at radius 2 is 1.86 bits per heavy atom. The Morgan fingerprint density at radius 3 is 2.51 bits per heavy atom. The van der Waals surface area contributed by atoms with E-state index in [2.05, 4.69) is 13.8 Å². The highest BCUT2D eigenvalue weighted by molar-refractivity contribution is 7.07. The number of esters is 1. The first-order valence-corrected chi connectivity index (χ1v) is 14.9. The third-order valence-corrected chi connectivity index (χ3v) is 8.17. The lowest BCUT2D eigenvalue weighted by atomic mass is 9.92. The average molecular weight is 609 g/mol.